The van der Waals surface area contributed by atoms with Gasteiger partial charge in [0.1, 0.15) is 12.1 Å². The van der Waals surface area contributed by atoms with E-state index < -0.39 is 0 Å². The number of nitriles is 1. The van der Waals surface area contributed by atoms with Crippen molar-refractivity contribution in [2.75, 3.05) is 11.9 Å². The molecule has 0 heterocycles. The lowest BCUT2D eigenvalue weighted by Crippen LogP contribution is -2.88. The van der Waals surface area contributed by atoms with Crippen molar-refractivity contribution in [1.82, 2.24) is 0 Å². The van der Waals surface area contributed by atoms with E-state index in [1.807, 2.05) is 6.07 Å². The minimum atomic E-state index is -0.0976. The Hall–Kier alpha value is -2.64. The van der Waals surface area contributed by atoms with Crippen LogP contribution in [-0.2, 0) is 4.79 Å². The molecule has 0 aliphatic carbocycles. The Kier molecular flexibility index (Phi) is 7.57. The van der Waals surface area contributed by atoms with Crippen LogP contribution in [0.5, 0.6) is 0 Å². The SMILES string of the molecule is CC[C@H](C)c1ccc([C@H]([NH2+]CC(=O)Nc2ccccc2C#N)C(C)C)cc1. The Balaban J connectivity index is 2.02. The summed E-state index contributed by atoms with van der Waals surface area (Å²) >= 11 is 0. The number of amides is 1. The lowest BCUT2D eigenvalue weighted by Gasteiger charge is -2.20. The summed E-state index contributed by atoms with van der Waals surface area (Å²) in [5, 5.41) is 14.1. The van der Waals surface area contributed by atoms with Crippen molar-refractivity contribution in [3.05, 3.63) is 65.2 Å². The molecule has 2 rings (SSSR count). The molecule has 3 N–H and O–H groups in total. The third-order valence-corrected chi connectivity index (χ3v) is 5.10. The minimum Gasteiger partial charge on any atom is -0.332 e. The van der Waals surface area contributed by atoms with Gasteiger partial charge >= 0.3 is 0 Å². The molecule has 0 saturated heterocycles. The Morgan fingerprint density at radius 3 is 2.30 bits per heavy atom. The number of benzene rings is 2. The maximum Gasteiger partial charge on any atom is 0.279 e. The molecule has 2 atom stereocenters. The van der Waals surface area contributed by atoms with E-state index in [2.05, 4.69) is 68.7 Å². The first-order valence-corrected chi connectivity index (χ1v) is 9.68. The van der Waals surface area contributed by atoms with Gasteiger partial charge in [-0.2, -0.15) is 5.26 Å². The van der Waals surface area contributed by atoms with E-state index in [0.29, 0.717) is 29.6 Å². The molecule has 0 saturated carbocycles. The highest BCUT2D eigenvalue weighted by Gasteiger charge is 2.21. The van der Waals surface area contributed by atoms with Crippen LogP contribution in [0.1, 0.15) is 62.8 Å². The predicted molar refractivity (Wildman–Crippen MR) is 109 cm³/mol. The average molecular weight is 365 g/mol. The molecule has 27 heavy (non-hydrogen) atoms. The van der Waals surface area contributed by atoms with Crippen molar-refractivity contribution in [3.8, 4) is 6.07 Å². The molecule has 1 amide bonds. The summed E-state index contributed by atoms with van der Waals surface area (Å²) in [5.41, 5.74) is 3.64. The molecular weight excluding hydrogens is 334 g/mol. The van der Waals surface area contributed by atoms with Gasteiger partial charge in [-0.1, -0.05) is 64.1 Å². The minimum absolute atomic E-state index is 0.0976. The number of quaternary nitrogens is 1. The van der Waals surface area contributed by atoms with Crippen LogP contribution in [-0.4, -0.2) is 12.5 Å². The maximum absolute atomic E-state index is 12.4. The first-order valence-electron chi connectivity index (χ1n) is 9.68. The molecule has 0 aromatic heterocycles. The van der Waals surface area contributed by atoms with Crippen molar-refractivity contribution in [2.24, 2.45) is 5.92 Å². The van der Waals surface area contributed by atoms with E-state index >= 15 is 0 Å². The summed E-state index contributed by atoms with van der Waals surface area (Å²) < 4.78 is 0. The van der Waals surface area contributed by atoms with E-state index in [1.54, 1.807) is 18.2 Å². The molecule has 2 aromatic carbocycles. The van der Waals surface area contributed by atoms with Gasteiger partial charge in [0.15, 0.2) is 6.54 Å². The number of rotatable bonds is 8. The van der Waals surface area contributed by atoms with Crippen LogP contribution in [0.15, 0.2) is 48.5 Å². The third kappa shape index (κ3) is 5.67. The van der Waals surface area contributed by atoms with E-state index in [0.717, 1.165) is 6.42 Å². The second kappa shape index (κ2) is 9.89. The van der Waals surface area contributed by atoms with Crippen molar-refractivity contribution in [3.63, 3.8) is 0 Å². The Morgan fingerprint density at radius 1 is 1.07 bits per heavy atom. The van der Waals surface area contributed by atoms with Crippen LogP contribution in [0, 0.1) is 17.2 Å². The van der Waals surface area contributed by atoms with E-state index in [1.165, 1.54) is 11.1 Å². The standard InChI is InChI=1S/C23H29N3O/c1-5-17(4)18-10-12-19(13-11-18)23(16(2)3)25-15-22(27)26-21-9-7-6-8-20(21)14-24/h6-13,16-17,23,25H,5,15H2,1-4H3,(H,26,27)/p+1/t17-,23+/m0/s1. The zero-order valence-electron chi connectivity index (χ0n) is 16.7. The van der Waals surface area contributed by atoms with Crippen LogP contribution in [0.4, 0.5) is 5.69 Å². The number of carbonyl (C=O) groups is 1. The van der Waals surface area contributed by atoms with Gasteiger partial charge < -0.3 is 10.6 Å². The summed E-state index contributed by atoms with van der Waals surface area (Å²) in [5.74, 6) is 0.865. The number of anilines is 1. The second-order valence-electron chi connectivity index (χ2n) is 7.39. The lowest BCUT2D eigenvalue weighted by molar-refractivity contribution is -0.692. The number of carbonyl (C=O) groups excluding carboxylic acids is 1. The first kappa shape index (κ1) is 20.7. The molecule has 0 bridgehead atoms. The first-order chi connectivity index (χ1) is 13.0. The molecule has 0 unspecified atom stereocenters. The number of hydrogen-bond donors (Lipinski definition) is 2. The van der Waals surface area contributed by atoms with Gasteiger partial charge in [-0.3, -0.25) is 4.79 Å². The van der Waals surface area contributed by atoms with Gasteiger partial charge in [0.25, 0.3) is 5.91 Å². The van der Waals surface area contributed by atoms with E-state index in [-0.39, 0.29) is 11.9 Å². The Bertz CT molecular complexity index is 790. The fourth-order valence-electron chi connectivity index (χ4n) is 3.20. The van der Waals surface area contributed by atoms with Crippen LogP contribution in [0.3, 0.4) is 0 Å². The number of hydrogen-bond acceptors (Lipinski definition) is 2. The Morgan fingerprint density at radius 2 is 1.70 bits per heavy atom. The zero-order valence-corrected chi connectivity index (χ0v) is 16.7. The van der Waals surface area contributed by atoms with Gasteiger partial charge in [-0.15, -0.1) is 0 Å². The molecule has 0 spiro atoms. The highest BCUT2D eigenvalue weighted by atomic mass is 16.1. The van der Waals surface area contributed by atoms with Gasteiger partial charge in [-0.05, 0) is 30.0 Å². The average Bonchev–Trinajstić information content (AvgIpc) is 2.68. The lowest BCUT2D eigenvalue weighted by atomic mass is 9.92. The van der Waals surface area contributed by atoms with Crippen LogP contribution >= 0.6 is 0 Å². The summed E-state index contributed by atoms with van der Waals surface area (Å²) in [7, 11) is 0. The monoisotopic (exact) mass is 364 g/mol. The fourth-order valence-corrected chi connectivity index (χ4v) is 3.20. The predicted octanol–water partition coefficient (Wildman–Crippen LogP) is 3.97. The van der Waals surface area contributed by atoms with Crippen LogP contribution in [0.25, 0.3) is 0 Å². The van der Waals surface area contributed by atoms with Gasteiger partial charge in [0.2, 0.25) is 0 Å². The smallest absolute Gasteiger partial charge is 0.279 e. The van der Waals surface area contributed by atoms with Gasteiger partial charge in [0.05, 0.1) is 11.3 Å². The topological polar surface area (TPSA) is 69.5 Å². The zero-order chi connectivity index (χ0) is 19.8. The fraction of sp³-hybridized carbons (Fsp3) is 0.391. The normalized spacial score (nSPS) is 13.0. The maximum atomic E-state index is 12.4. The molecule has 0 radical (unpaired) electrons. The second-order valence-corrected chi connectivity index (χ2v) is 7.39. The summed E-state index contributed by atoms with van der Waals surface area (Å²) in [6.45, 7) is 9.10. The van der Waals surface area contributed by atoms with Crippen LogP contribution < -0.4 is 10.6 Å². The molecule has 0 aliphatic heterocycles. The number of nitrogens with two attached hydrogens (primary N) is 1. The molecule has 0 aliphatic rings. The quantitative estimate of drug-likeness (QED) is 0.744. The molecule has 2 aromatic rings. The molecule has 4 heteroatoms. The van der Waals surface area contributed by atoms with E-state index in [9.17, 15) is 4.79 Å². The third-order valence-electron chi connectivity index (χ3n) is 5.10. The van der Waals surface area contributed by atoms with Crippen molar-refractivity contribution < 1.29 is 10.1 Å². The van der Waals surface area contributed by atoms with Gasteiger partial charge in [-0.25, -0.2) is 0 Å². The Labute approximate surface area is 162 Å². The summed E-state index contributed by atoms with van der Waals surface area (Å²) in [6.07, 6.45) is 1.13. The number of nitrogens with zero attached hydrogens (tertiary/aromatic N) is 1. The van der Waals surface area contributed by atoms with Crippen molar-refractivity contribution in [2.45, 2.75) is 46.1 Å². The summed E-state index contributed by atoms with van der Waals surface area (Å²) in [4.78, 5) is 12.4. The van der Waals surface area contributed by atoms with Gasteiger partial charge in [0, 0.05) is 11.5 Å². The summed E-state index contributed by atoms with van der Waals surface area (Å²) in [6, 6.07) is 18.2. The number of nitrogens with one attached hydrogen (secondary N) is 1. The number of para-hydroxylation sites is 1. The van der Waals surface area contributed by atoms with Crippen molar-refractivity contribution in [1.29, 1.82) is 5.26 Å². The van der Waals surface area contributed by atoms with E-state index in [4.69, 9.17) is 5.26 Å². The van der Waals surface area contributed by atoms with Crippen molar-refractivity contribution >= 4 is 11.6 Å². The van der Waals surface area contributed by atoms with Crippen LogP contribution in [0.2, 0.25) is 0 Å². The molecular formula is C23H30N3O+. The highest BCUT2D eigenvalue weighted by Crippen LogP contribution is 2.23. The largest absolute Gasteiger partial charge is 0.332 e. The highest BCUT2D eigenvalue weighted by molar-refractivity contribution is 5.92. The molecule has 4 nitrogen and oxygen atoms in total. The molecule has 0 fully saturated rings. The molecule has 142 valence electrons.